The standard InChI is InChI=1S/C28H33N7O2/c1-29-21-10-14-35(26(36)15-21)25-7-11-30-27-23(25)16-22(33(27)4)18-34-12-8-19(9-13-34)24-6-5-20(17-31-24)28(37)32(2)3/h5-7,10-11,14-17,19,29H,8-9,12-13,18H2,1-4H3. The Labute approximate surface area is 216 Å². The van der Waals surface area contributed by atoms with Crippen molar-refractivity contribution in [1.82, 2.24) is 28.9 Å². The number of fused-ring (bicyclic) bond motifs is 1. The van der Waals surface area contributed by atoms with Crippen molar-refractivity contribution in [1.29, 1.82) is 0 Å². The van der Waals surface area contributed by atoms with Gasteiger partial charge in [0.15, 0.2) is 0 Å². The molecular weight excluding hydrogens is 466 g/mol. The third kappa shape index (κ3) is 4.86. The number of pyridine rings is 3. The van der Waals surface area contributed by atoms with Gasteiger partial charge >= 0.3 is 0 Å². The highest BCUT2D eigenvalue weighted by Gasteiger charge is 2.23. The van der Waals surface area contributed by atoms with Gasteiger partial charge in [0.1, 0.15) is 5.65 Å². The number of rotatable bonds is 6. The molecule has 0 atom stereocenters. The zero-order valence-corrected chi connectivity index (χ0v) is 21.8. The number of nitrogens with zero attached hydrogens (tertiary/aromatic N) is 6. The number of carbonyl (C=O) groups excluding carboxylic acids is 1. The van der Waals surface area contributed by atoms with Crippen LogP contribution in [0.1, 0.15) is 40.5 Å². The molecule has 1 saturated heterocycles. The van der Waals surface area contributed by atoms with E-state index in [2.05, 4.69) is 30.8 Å². The van der Waals surface area contributed by atoms with Crippen LogP contribution in [0.3, 0.4) is 0 Å². The molecule has 1 amide bonds. The molecule has 5 heterocycles. The summed E-state index contributed by atoms with van der Waals surface area (Å²) in [5, 5.41) is 3.98. The largest absolute Gasteiger partial charge is 0.388 e. The molecular formula is C28H33N7O2. The van der Waals surface area contributed by atoms with Crippen molar-refractivity contribution in [3.8, 4) is 5.69 Å². The van der Waals surface area contributed by atoms with Crippen molar-refractivity contribution in [2.45, 2.75) is 25.3 Å². The van der Waals surface area contributed by atoms with Gasteiger partial charge in [-0.25, -0.2) is 4.98 Å². The average Bonchev–Trinajstić information content (AvgIpc) is 3.24. The molecule has 9 heteroatoms. The molecule has 4 aromatic rings. The summed E-state index contributed by atoms with van der Waals surface area (Å²) in [5.41, 5.74) is 5.25. The second-order valence-electron chi connectivity index (χ2n) is 9.86. The van der Waals surface area contributed by atoms with Gasteiger partial charge in [-0.05, 0) is 56.3 Å². The number of piperidine rings is 1. The number of nitrogens with one attached hydrogen (secondary N) is 1. The number of hydrogen-bond acceptors (Lipinski definition) is 6. The number of carbonyl (C=O) groups is 1. The van der Waals surface area contributed by atoms with Crippen LogP contribution >= 0.6 is 0 Å². The van der Waals surface area contributed by atoms with Gasteiger partial charge in [-0.15, -0.1) is 0 Å². The first-order valence-electron chi connectivity index (χ1n) is 12.6. The number of amides is 1. The molecule has 0 radical (unpaired) electrons. The number of aromatic nitrogens is 4. The molecule has 1 fully saturated rings. The van der Waals surface area contributed by atoms with Gasteiger partial charge in [0.05, 0.1) is 11.3 Å². The molecule has 37 heavy (non-hydrogen) atoms. The summed E-state index contributed by atoms with van der Waals surface area (Å²) in [6, 6.07) is 11.4. The highest BCUT2D eigenvalue weighted by atomic mass is 16.2. The molecule has 1 aliphatic rings. The van der Waals surface area contributed by atoms with Gasteiger partial charge < -0.3 is 14.8 Å². The first-order valence-corrected chi connectivity index (χ1v) is 12.6. The monoisotopic (exact) mass is 499 g/mol. The van der Waals surface area contributed by atoms with E-state index in [1.807, 2.05) is 31.3 Å². The molecule has 0 aliphatic carbocycles. The van der Waals surface area contributed by atoms with E-state index in [1.54, 1.807) is 55.3 Å². The molecule has 0 bridgehead atoms. The normalized spacial score (nSPS) is 14.7. The van der Waals surface area contributed by atoms with Crippen molar-refractivity contribution in [3.05, 3.63) is 82.3 Å². The van der Waals surface area contributed by atoms with Crippen molar-refractivity contribution < 1.29 is 4.79 Å². The molecule has 9 nitrogen and oxygen atoms in total. The van der Waals surface area contributed by atoms with Crippen LogP contribution in [0.25, 0.3) is 16.7 Å². The second-order valence-corrected chi connectivity index (χ2v) is 9.86. The fourth-order valence-corrected chi connectivity index (χ4v) is 5.10. The van der Waals surface area contributed by atoms with Crippen LogP contribution in [0.2, 0.25) is 0 Å². The number of hydrogen-bond donors (Lipinski definition) is 1. The highest BCUT2D eigenvalue weighted by molar-refractivity contribution is 5.93. The Morgan fingerprint density at radius 2 is 1.89 bits per heavy atom. The Bertz CT molecular complexity index is 1480. The summed E-state index contributed by atoms with van der Waals surface area (Å²) in [6.07, 6.45) is 7.30. The molecule has 1 aliphatic heterocycles. The third-order valence-electron chi connectivity index (χ3n) is 7.30. The lowest BCUT2D eigenvalue weighted by atomic mass is 9.92. The van der Waals surface area contributed by atoms with E-state index < -0.39 is 0 Å². The maximum atomic E-state index is 12.7. The van der Waals surface area contributed by atoms with Crippen LogP contribution < -0.4 is 10.9 Å². The van der Waals surface area contributed by atoms with E-state index in [1.165, 1.54) is 0 Å². The topological polar surface area (TPSA) is 88.3 Å². The Kier molecular flexibility index (Phi) is 6.80. The number of anilines is 1. The van der Waals surface area contributed by atoms with Crippen LogP contribution in [-0.2, 0) is 13.6 Å². The molecule has 0 aromatic carbocycles. The molecule has 0 saturated carbocycles. The Balaban J connectivity index is 1.30. The Morgan fingerprint density at radius 3 is 2.54 bits per heavy atom. The van der Waals surface area contributed by atoms with Crippen molar-refractivity contribution in [2.24, 2.45) is 7.05 Å². The summed E-state index contributed by atoms with van der Waals surface area (Å²) >= 11 is 0. The minimum absolute atomic E-state index is 0.0265. The van der Waals surface area contributed by atoms with E-state index in [4.69, 9.17) is 0 Å². The minimum Gasteiger partial charge on any atom is -0.388 e. The maximum Gasteiger partial charge on any atom is 0.257 e. The first kappa shape index (κ1) is 24.7. The molecule has 192 valence electrons. The van der Waals surface area contributed by atoms with Gasteiger partial charge in [-0.3, -0.25) is 24.0 Å². The smallest absolute Gasteiger partial charge is 0.257 e. The van der Waals surface area contributed by atoms with E-state index >= 15 is 0 Å². The molecule has 1 N–H and O–H groups in total. The zero-order valence-electron chi connectivity index (χ0n) is 21.8. The fraction of sp³-hybridized carbons (Fsp3) is 0.357. The second kappa shape index (κ2) is 10.2. The van der Waals surface area contributed by atoms with Gasteiger partial charge in [0, 0.05) is 87.8 Å². The Morgan fingerprint density at radius 1 is 1.11 bits per heavy atom. The maximum absolute atomic E-state index is 12.7. The van der Waals surface area contributed by atoms with Crippen LogP contribution in [0, 0.1) is 0 Å². The van der Waals surface area contributed by atoms with Crippen molar-refractivity contribution in [3.63, 3.8) is 0 Å². The lowest BCUT2D eigenvalue weighted by Crippen LogP contribution is -2.33. The number of likely N-dealkylation sites (tertiary alicyclic amines) is 1. The lowest BCUT2D eigenvalue weighted by Gasteiger charge is -2.31. The van der Waals surface area contributed by atoms with Gasteiger partial charge in [0.25, 0.3) is 11.5 Å². The predicted molar refractivity (Wildman–Crippen MR) is 145 cm³/mol. The van der Waals surface area contributed by atoms with E-state index in [0.717, 1.165) is 66.3 Å². The average molecular weight is 500 g/mol. The summed E-state index contributed by atoms with van der Waals surface area (Å²) < 4.78 is 3.80. The molecule has 4 aromatic heterocycles. The number of aryl methyl sites for hydroxylation is 1. The van der Waals surface area contributed by atoms with E-state index in [0.29, 0.717) is 11.5 Å². The molecule has 0 unspecified atom stereocenters. The quantitative estimate of drug-likeness (QED) is 0.438. The van der Waals surface area contributed by atoms with Gasteiger partial charge in [-0.2, -0.15) is 0 Å². The summed E-state index contributed by atoms with van der Waals surface area (Å²) in [5.74, 6) is 0.370. The SMILES string of the molecule is CNc1ccn(-c2ccnc3c2cc(CN2CCC(c4ccc(C(=O)N(C)C)cn4)CC2)n3C)c(=O)c1. The summed E-state index contributed by atoms with van der Waals surface area (Å²) in [4.78, 5) is 38.1. The van der Waals surface area contributed by atoms with Crippen LogP contribution in [-0.4, -0.2) is 69.0 Å². The van der Waals surface area contributed by atoms with Gasteiger partial charge in [-0.1, -0.05) is 0 Å². The molecule has 0 spiro atoms. The minimum atomic E-state index is -0.0838. The first-order chi connectivity index (χ1) is 17.9. The van der Waals surface area contributed by atoms with Crippen molar-refractivity contribution >= 4 is 22.6 Å². The lowest BCUT2D eigenvalue weighted by molar-refractivity contribution is 0.0827. The molecule has 5 rings (SSSR count). The van der Waals surface area contributed by atoms with E-state index in [9.17, 15) is 9.59 Å². The third-order valence-corrected chi connectivity index (χ3v) is 7.30. The van der Waals surface area contributed by atoms with Crippen molar-refractivity contribution in [2.75, 3.05) is 39.5 Å². The van der Waals surface area contributed by atoms with Gasteiger partial charge in [0.2, 0.25) is 0 Å². The fourth-order valence-electron chi connectivity index (χ4n) is 5.10. The van der Waals surface area contributed by atoms with E-state index in [-0.39, 0.29) is 11.5 Å². The summed E-state index contributed by atoms with van der Waals surface area (Å²) in [6.45, 7) is 2.76. The van der Waals surface area contributed by atoms with Crippen LogP contribution in [0.4, 0.5) is 5.69 Å². The summed E-state index contributed by atoms with van der Waals surface area (Å²) in [7, 11) is 7.34. The Hall–Kier alpha value is -3.98. The van der Waals surface area contributed by atoms with Crippen LogP contribution in [0.15, 0.2) is 59.8 Å². The predicted octanol–water partition coefficient (Wildman–Crippen LogP) is 3.24. The highest BCUT2D eigenvalue weighted by Crippen LogP contribution is 2.29. The zero-order chi connectivity index (χ0) is 26.1. The van der Waals surface area contributed by atoms with Crippen LogP contribution in [0.5, 0.6) is 0 Å².